The molecule has 0 aliphatic carbocycles. The third-order valence-corrected chi connectivity index (χ3v) is 5.04. The van der Waals surface area contributed by atoms with E-state index in [9.17, 15) is 9.59 Å². The first-order valence-corrected chi connectivity index (χ1v) is 10.3. The number of rotatable bonds is 7. The number of benzene rings is 3. The summed E-state index contributed by atoms with van der Waals surface area (Å²) in [7, 11) is 0. The number of carbonyl (C=O) groups is 2. The van der Waals surface area contributed by atoms with Crippen molar-refractivity contribution in [2.45, 2.75) is 4.90 Å². The van der Waals surface area contributed by atoms with Crippen LogP contribution in [0.15, 0.2) is 89.8 Å². The molecular weight excluding hydrogens is 404 g/mol. The molecule has 2 amide bonds. The van der Waals surface area contributed by atoms with Crippen molar-refractivity contribution in [1.29, 1.82) is 0 Å². The Hall–Kier alpha value is -3.02. The van der Waals surface area contributed by atoms with Crippen molar-refractivity contribution in [3.05, 3.63) is 95.5 Å². The molecule has 0 radical (unpaired) electrons. The van der Waals surface area contributed by atoms with E-state index in [-0.39, 0.29) is 17.6 Å². The summed E-state index contributed by atoms with van der Waals surface area (Å²) in [5.74, 6) is -0.0927. The minimum atomic E-state index is -0.213. The molecule has 2 N–H and O–H groups in total. The first-order chi connectivity index (χ1) is 14.1. The minimum Gasteiger partial charge on any atom is -0.325 e. The predicted molar refractivity (Wildman–Crippen MR) is 121 cm³/mol. The van der Waals surface area contributed by atoms with Crippen molar-refractivity contribution in [3.63, 3.8) is 0 Å². The molecule has 0 fully saturated rings. The quantitative estimate of drug-likeness (QED) is 0.378. The molecule has 146 valence electrons. The second-order valence-electron chi connectivity index (χ2n) is 6.11. The number of thioether (sulfide) groups is 1. The largest absolute Gasteiger partial charge is 0.325 e. The molecule has 4 nitrogen and oxygen atoms in total. The number of hydrogen-bond donors (Lipinski definition) is 2. The van der Waals surface area contributed by atoms with Gasteiger partial charge in [0.15, 0.2) is 0 Å². The Morgan fingerprint density at radius 3 is 2.34 bits per heavy atom. The van der Waals surface area contributed by atoms with E-state index < -0.39 is 0 Å². The van der Waals surface area contributed by atoms with Crippen molar-refractivity contribution in [2.75, 3.05) is 16.4 Å². The van der Waals surface area contributed by atoms with Crippen molar-refractivity contribution < 1.29 is 9.59 Å². The molecule has 0 unspecified atom stereocenters. The maximum Gasteiger partial charge on any atom is 0.248 e. The van der Waals surface area contributed by atoms with Gasteiger partial charge in [0.1, 0.15) is 0 Å². The number of carbonyl (C=O) groups excluding carboxylic acids is 2. The van der Waals surface area contributed by atoms with Crippen molar-refractivity contribution in [3.8, 4) is 0 Å². The van der Waals surface area contributed by atoms with E-state index >= 15 is 0 Å². The third kappa shape index (κ3) is 7.14. The zero-order chi connectivity index (χ0) is 20.5. The zero-order valence-electron chi connectivity index (χ0n) is 15.5. The molecule has 6 heteroatoms. The highest BCUT2D eigenvalue weighted by molar-refractivity contribution is 8.00. The van der Waals surface area contributed by atoms with E-state index in [4.69, 9.17) is 11.6 Å². The molecule has 0 heterocycles. The standard InChI is InChI=1S/C23H19ClN2O2S/c24-18-8-4-9-19(14-18)26-23(28)16-29-21-11-5-10-20(15-21)25-22(27)13-12-17-6-2-1-3-7-17/h1-15H,16H2,(H,25,27)(H,26,28)/b13-12+. The minimum absolute atomic E-state index is 0.127. The van der Waals surface area contributed by atoms with Gasteiger partial charge in [-0.05, 0) is 48.0 Å². The average molecular weight is 423 g/mol. The predicted octanol–water partition coefficient (Wildman–Crippen LogP) is 5.72. The fourth-order valence-corrected chi connectivity index (χ4v) is 3.44. The van der Waals surface area contributed by atoms with Gasteiger partial charge in [0.25, 0.3) is 0 Å². The van der Waals surface area contributed by atoms with Gasteiger partial charge in [0, 0.05) is 27.4 Å². The Kier molecular flexibility index (Phi) is 7.50. The summed E-state index contributed by atoms with van der Waals surface area (Å²) in [6, 6.07) is 24.0. The van der Waals surface area contributed by atoms with Gasteiger partial charge in [-0.15, -0.1) is 11.8 Å². The highest BCUT2D eigenvalue weighted by atomic mass is 35.5. The molecule has 0 aromatic heterocycles. The maximum absolute atomic E-state index is 12.1. The molecule has 0 atom stereocenters. The van der Waals surface area contributed by atoms with Crippen LogP contribution in [0.1, 0.15) is 5.56 Å². The normalized spacial score (nSPS) is 10.7. The fourth-order valence-electron chi connectivity index (χ4n) is 2.50. The number of anilines is 2. The van der Waals surface area contributed by atoms with Gasteiger partial charge in [-0.25, -0.2) is 0 Å². The van der Waals surface area contributed by atoms with E-state index in [1.807, 2.05) is 54.6 Å². The van der Waals surface area contributed by atoms with Gasteiger partial charge < -0.3 is 10.6 Å². The van der Waals surface area contributed by atoms with E-state index in [2.05, 4.69) is 10.6 Å². The van der Waals surface area contributed by atoms with Crippen LogP contribution in [-0.4, -0.2) is 17.6 Å². The molecule has 0 saturated heterocycles. The van der Waals surface area contributed by atoms with E-state index in [0.29, 0.717) is 16.4 Å². The lowest BCUT2D eigenvalue weighted by Crippen LogP contribution is -2.13. The Labute approximate surface area is 179 Å². The van der Waals surface area contributed by atoms with Gasteiger partial charge in [-0.1, -0.05) is 54.1 Å². The van der Waals surface area contributed by atoms with Gasteiger partial charge in [-0.2, -0.15) is 0 Å². The van der Waals surface area contributed by atoms with Crippen LogP contribution < -0.4 is 10.6 Å². The highest BCUT2D eigenvalue weighted by Gasteiger charge is 2.06. The Morgan fingerprint density at radius 2 is 1.59 bits per heavy atom. The van der Waals surface area contributed by atoms with Gasteiger partial charge in [0.05, 0.1) is 5.75 Å². The van der Waals surface area contributed by atoms with E-state index in [1.54, 1.807) is 30.3 Å². The number of nitrogens with one attached hydrogen (secondary N) is 2. The monoisotopic (exact) mass is 422 g/mol. The first-order valence-electron chi connectivity index (χ1n) is 8.91. The van der Waals surface area contributed by atoms with Crippen LogP contribution >= 0.6 is 23.4 Å². The summed E-state index contributed by atoms with van der Waals surface area (Å²) in [5, 5.41) is 6.21. The summed E-state index contributed by atoms with van der Waals surface area (Å²) < 4.78 is 0. The van der Waals surface area contributed by atoms with E-state index in [1.165, 1.54) is 17.8 Å². The molecule has 0 aliphatic rings. The Balaban J connectivity index is 1.52. The molecule has 0 saturated carbocycles. The second kappa shape index (κ2) is 10.5. The summed E-state index contributed by atoms with van der Waals surface area (Å²) in [6.07, 6.45) is 3.25. The molecule has 3 aromatic carbocycles. The van der Waals surface area contributed by atoms with Gasteiger partial charge in [0.2, 0.25) is 11.8 Å². The lowest BCUT2D eigenvalue weighted by atomic mass is 10.2. The Bertz CT molecular complexity index is 1020. The molecular formula is C23H19ClN2O2S. The fraction of sp³-hybridized carbons (Fsp3) is 0.0435. The summed E-state index contributed by atoms with van der Waals surface area (Å²) >= 11 is 7.31. The van der Waals surface area contributed by atoms with Crippen LogP contribution in [0, 0.1) is 0 Å². The molecule has 0 spiro atoms. The topological polar surface area (TPSA) is 58.2 Å². The number of amides is 2. The van der Waals surface area contributed by atoms with Gasteiger partial charge >= 0.3 is 0 Å². The van der Waals surface area contributed by atoms with Crippen molar-refractivity contribution in [2.24, 2.45) is 0 Å². The molecule has 3 aromatic rings. The molecule has 3 rings (SSSR count). The van der Waals surface area contributed by atoms with Crippen LogP contribution in [0.2, 0.25) is 5.02 Å². The number of hydrogen-bond acceptors (Lipinski definition) is 3. The smallest absolute Gasteiger partial charge is 0.248 e. The number of halogens is 1. The van der Waals surface area contributed by atoms with E-state index in [0.717, 1.165) is 10.5 Å². The lowest BCUT2D eigenvalue weighted by Gasteiger charge is -2.07. The second-order valence-corrected chi connectivity index (χ2v) is 7.59. The van der Waals surface area contributed by atoms with Crippen molar-refractivity contribution >= 4 is 52.6 Å². The Morgan fingerprint density at radius 1 is 0.862 bits per heavy atom. The highest BCUT2D eigenvalue weighted by Crippen LogP contribution is 2.22. The lowest BCUT2D eigenvalue weighted by molar-refractivity contribution is -0.114. The average Bonchev–Trinajstić information content (AvgIpc) is 2.72. The SMILES string of the molecule is O=C(/C=C/c1ccccc1)Nc1cccc(SCC(=O)Nc2cccc(Cl)c2)c1. The van der Waals surface area contributed by atoms with Gasteiger partial charge in [-0.3, -0.25) is 9.59 Å². The van der Waals surface area contributed by atoms with Crippen molar-refractivity contribution in [1.82, 2.24) is 0 Å². The van der Waals surface area contributed by atoms with Crippen LogP contribution in [0.25, 0.3) is 6.08 Å². The molecule has 0 bridgehead atoms. The van der Waals surface area contributed by atoms with Crippen LogP contribution in [0.3, 0.4) is 0 Å². The summed E-state index contributed by atoms with van der Waals surface area (Å²) in [6.45, 7) is 0. The summed E-state index contributed by atoms with van der Waals surface area (Å²) in [4.78, 5) is 25.1. The maximum atomic E-state index is 12.1. The molecule has 0 aliphatic heterocycles. The van der Waals surface area contributed by atoms with Crippen LogP contribution in [-0.2, 0) is 9.59 Å². The van der Waals surface area contributed by atoms with Crippen LogP contribution in [0.5, 0.6) is 0 Å². The first kappa shape index (κ1) is 20.7. The van der Waals surface area contributed by atoms with Crippen LogP contribution in [0.4, 0.5) is 11.4 Å². The third-order valence-electron chi connectivity index (χ3n) is 3.81. The summed E-state index contributed by atoms with van der Waals surface area (Å²) in [5.41, 5.74) is 2.29. The molecule has 29 heavy (non-hydrogen) atoms. The zero-order valence-corrected chi connectivity index (χ0v) is 17.0.